The van der Waals surface area contributed by atoms with Crippen molar-refractivity contribution in [3.8, 4) is 0 Å². The molecule has 0 amide bonds. The third-order valence-corrected chi connectivity index (χ3v) is 6.39. The summed E-state index contributed by atoms with van der Waals surface area (Å²) in [6, 6.07) is 9.93. The standard InChI is InChI=1S/C19H27NS/c1-12-9-13(2)11-16(10-12)20-15(4)19-14(3)17-7-5-6-8-18(17)21-19/h5-8,12-13,15-16,20H,9-11H2,1-4H3. The van der Waals surface area contributed by atoms with Crippen LogP contribution < -0.4 is 5.32 Å². The minimum absolute atomic E-state index is 0.463. The largest absolute Gasteiger partial charge is 0.307 e. The van der Waals surface area contributed by atoms with Gasteiger partial charge in [-0.25, -0.2) is 0 Å². The highest BCUT2D eigenvalue weighted by Crippen LogP contribution is 2.36. The fourth-order valence-electron chi connectivity index (χ4n) is 4.12. The summed E-state index contributed by atoms with van der Waals surface area (Å²) in [4.78, 5) is 1.52. The number of hydrogen-bond donors (Lipinski definition) is 1. The van der Waals surface area contributed by atoms with Crippen LogP contribution in [0.25, 0.3) is 10.1 Å². The third kappa shape index (κ3) is 3.17. The molecule has 2 heteroatoms. The highest BCUT2D eigenvalue weighted by Gasteiger charge is 2.26. The normalized spacial score (nSPS) is 27.9. The molecule has 0 aliphatic heterocycles. The summed E-state index contributed by atoms with van der Waals surface area (Å²) in [5.41, 5.74) is 1.47. The zero-order chi connectivity index (χ0) is 15.0. The average Bonchev–Trinajstić information content (AvgIpc) is 2.76. The topological polar surface area (TPSA) is 12.0 Å². The van der Waals surface area contributed by atoms with Crippen LogP contribution in [-0.4, -0.2) is 6.04 Å². The molecule has 0 radical (unpaired) electrons. The number of rotatable bonds is 3. The smallest absolute Gasteiger partial charge is 0.0391 e. The van der Waals surface area contributed by atoms with Gasteiger partial charge in [-0.3, -0.25) is 0 Å². The van der Waals surface area contributed by atoms with Gasteiger partial charge in [-0.1, -0.05) is 32.0 Å². The van der Waals surface area contributed by atoms with Gasteiger partial charge in [-0.05, 0) is 62.0 Å². The number of nitrogens with one attached hydrogen (secondary N) is 1. The molecule has 1 aromatic carbocycles. The predicted molar refractivity (Wildman–Crippen MR) is 94.1 cm³/mol. The molecule has 0 bridgehead atoms. The van der Waals surface area contributed by atoms with E-state index in [1.54, 1.807) is 0 Å². The first-order valence-corrected chi connectivity index (χ1v) is 9.10. The lowest BCUT2D eigenvalue weighted by Crippen LogP contribution is -2.37. The Bertz CT molecular complexity index is 605. The molecule has 114 valence electrons. The van der Waals surface area contributed by atoms with Crippen molar-refractivity contribution >= 4 is 21.4 Å². The Hall–Kier alpha value is -0.860. The van der Waals surface area contributed by atoms with Crippen LogP contribution >= 0.6 is 11.3 Å². The van der Waals surface area contributed by atoms with Gasteiger partial charge < -0.3 is 5.32 Å². The Morgan fingerprint density at radius 1 is 1.10 bits per heavy atom. The van der Waals surface area contributed by atoms with Crippen molar-refractivity contribution in [1.82, 2.24) is 5.32 Å². The van der Waals surface area contributed by atoms with Crippen LogP contribution in [0, 0.1) is 18.8 Å². The van der Waals surface area contributed by atoms with Gasteiger partial charge in [0, 0.05) is 21.7 Å². The molecule has 3 rings (SSSR count). The van der Waals surface area contributed by atoms with Crippen molar-refractivity contribution in [2.24, 2.45) is 11.8 Å². The number of aryl methyl sites for hydroxylation is 1. The third-order valence-electron chi connectivity index (χ3n) is 4.94. The van der Waals surface area contributed by atoms with Crippen LogP contribution in [0.4, 0.5) is 0 Å². The molecule has 0 spiro atoms. The molecule has 1 aliphatic carbocycles. The summed E-state index contributed by atoms with van der Waals surface area (Å²) >= 11 is 1.96. The first-order chi connectivity index (χ1) is 10.0. The van der Waals surface area contributed by atoms with Crippen molar-refractivity contribution in [2.45, 2.75) is 59.0 Å². The summed E-state index contributed by atoms with van der Waals surface area (Å²) in [5, 5.41) is 5.34. The lowest BCUT2D eigenvalue weighted by Gasteiger charge is -2.34. The van der Waals surface area contributed by atoms with Crippen LogP contribution in [-0.2, 0) is 0 Å². The van der Waals surface area contributed by atoms with Crippen molar-refractivity contribution in [3.05, 3.63) is 34.7 Å². The SMILES string of the molecule is Cc1c(C(C)NC2CC(C)CC(C)C2)sc2ccccc12. The predicted octanol–water partition coefficient (Wildman–Crippen LogP) is 5.69. The maximum atomic E-state index is 3.91. The molecular weight excluding hydrogens is 274 g/mol. The van der Waals surface area contributed by atoms with E-state index in [0.29, 0.717) is 12.1 Å². The molecule has 3 unspecified atom stereocenters. The summed E-state index contributed by atoms with van der Waals surface area (Å²) < 4.78 is 1.42. The molecule has 1 fully saturated rings. The Kier molecular flexibility index (Phi) is 4.37. The molecule has 1 saturated carbocycles. The fraction of sp³-hybridized carbons (Fsp3) is 0.579. The van der Waals surface area contributed by atoms with Crippen molar-refractivity contribution in [3.63, 3.8) is 0 Å². The summed E-state index contributed by atoms with van der Waals surface area (Å²) in [5.74, 6) is 1.73. The van der Waals surface area contributed by atoms with Gasteiger partial charge in [-0.2, -0.15) is 0 Å². The van der Waals surface area contributed by atoms with E-state index < -0.39 is 0 Å². The van der Waals surface area contributed by atoms with Crippen LogP contribution in [0.5, 0.6) is 0 Å². The van der Waals surface area contributed by atoms with E-state index in [-0.39, 0.29) is 0 Å². The van der Waals surface area contributed by atoms with E-state index in [1.807, 2.05) is 11.3 Å². The molecule has 1 N–H and O–H groups in total. The maximum absolute atomic E-state index is 3.91. The number of benzene rings is 1. The first kappa shape index (κ1) is 15.1. The van der Waals surface area contributed by atoms with Crippen molar-refractivity contribution < 1.29 is 0 Å². The van der Waals surface area contributed by atoms with Crippen molar-refractivity contribution in [2.75, 3.05) is 0 Å². The molecule has 3 atom stereocenters. The number of hydrogen-bond acceptors (Lipinski definition) is 2. The zero-order valence-electron chi connectivity index (χ0n) is 13.6. The molecular formula is C19H27NS. The molecule has 0 saturated heterocycles. The Labute approximate surface area is 132 Å². The van der Waals surface area contributed by atoms with E-state index in [9.17, 15) is 0 Å². The number of fused-ring (bicyclic) bond motifs is 1. The lowest BCUT2D eigenvalue weighted by atomic mass is 9.80. The van der Waals surface area contributed by atoms with Crippen LogP contribution in [0.2, 0.25) is 0 Å². The minimum Gasteiger partial charge on any atom is -0.307 e. The Morgan fingerprint density at radius 2 is 1.76 bits per heavy atom. The molecule has 1 heterocycles. The van der Waals surface area contributed by atoms with Crippen LogP contribution in [0.3, 0.4) is 0 Å². The second-order valence-electron chi connectivity index (χ2n) is 7.09. The van der Waals surface area contributed by atoms with Gasteiger partial charge in [0.15, 0.2) is 0 Å². The highest BCUT2D eigenvalue weighted by atomic mass is 32.1. The molecule has 1 aromatic heterocycles. The van der Waals surface area contributed by atoms with Crippen LogP contribution in [0.1, 0.15) is 56.5 Å². The van der Waals surface area contributed by atoms with E-state index in [1.165, 1.54) is 39.8 Å². The second-order valence-corrected chi connectivity index (χ2v) is 8.17. The second kappa shape index (κ2) is 6.10. The summed E-state index contributed by atoms with van der Waals surface area (Å²) in [6.45, 7) is 9.42. The van der Waals surface area contributed by atoms with Crippen LogP contribution in [0.15, 0.2) is 24.3 Å². The Balaban J connectivity index is 1.77. The Morgan fingerprint density at radius 3 is 2.43 bits per heavy atom. The van der Waals surface area contributed by atoms with E-state index in [4.69, 9.17) is 0 Å². The molecule has 21 heavy (non-hydrogen) atoms. The fourth-order valence-corrected chi connectivity index (χ4v) is 5.34. The zero-order valence-corrected chi connectivity index (χ0v) is 14.5. The summed E-state index contributed by atoms with van der Waals surface area (Å²) in [7, 11) is 0. The van der Waals surface area contributed by atoms with Gasteiger partial charge in [-0.15, -0.1) is 11.3 Å². The monoisotopic (exact) mass is 301 g/mol. The lowest BCUT2D eigenvalue weighted by molar-refractivity contribution is 0.229. The van der Waals surface area contributed by atoms with Gasteiger partial charge in [0.1, 0.15) is 0 Å². The number of thiophene rings is 1. The van der Waals surface area contributed by atoms with Gasteiger partial charge in [0.2, 0.25) is 0 Å². The first-order valence-electron chi connectivity index (χ1n) is 8.28. The van der Waals surface area contributed by atoms with E-state index in [2.05, 4.69) is 57.3 Å². The quantitative estimate of drug-likeness (QED) is 0.768. The highest BCUT2D eigenvalue weighted by molar-refractivity contribution is 7.19. The summed E-state index contributed by atoms with van der Waals surface area (Å²) in [6.07, 6.45) is 4.06. The average molecular weight is 301 g/mol. The van der Waals surface area contributed by atoms with Gasteiger partial charge in [0.25, 0.3) is 0 Å². The molecule has 2 aromatic rings. The van der Waals surface area contributed by atoms with E-state index in [0.717, 1.165) is 11.8 Å². The minimum atomic E-state index is 0.463. The van der Waals surface area contributed by atoms with Gasteiger partial charge >= 0.3 is 0 Å². The van der Waals surface area contributed by atoms with E-state index >= 15 is 0 Å². The van der Waals surface area contributed by atoms with Gasteiger partial charge in [0.05, 0.1) is 0 Å². The van der Waals surface area contributed by atoms with Crippen molar-refractivity contribution in [1.29, 1.82) is 0 Å². The maximum Gasteiger partial charge on any atom is 0.0391 e. The molecule has 1 nitrogen and oxygen atoms in total. The molecule has 1 aliphatic rings.